The third-order valence-corrected chi connectivity index (χ3v) is 2.90. The van der Waals surface area contributed by atoms with Crippen molar-refractivity contribution in [3.05, 3.63) is 23.8 Å². The Balaban J connectivity index is 2.22. The number of nitrogens with zero attached hydrogens (tertiary/aromatic N) is 1. The minimum Gasteiger partial charge on any atom is -0.497 e. The summed E-state index contributed by atoms with van der Waals surface area (Å²) >= 11 is 0. The summed E-state index contributed by atoms with van der Waals surface area (Å²) in [6.07, 6.45) is 0. The molecule has 0 unspecified atom stereocenters. The van der Waals surface area contributed by atoms with Crippen LogP contribution in [-0.4, -0.2) is 51.3 Å². The van der Waals surface area contributed by atoms with E-state index in [0.29, 0.717) is 43.4 Å². The van der Waals surface area contributed by atoms with E-state index >= 15 is 0 Å². The SMILES string of the molecule is COc1cc(OC)cc(C(=O)N2CCOCC2)c1. The van der Waals surface area contributed by atoms with Gasteiger partial charge in [-0.2, -0.15) is 0 Å². The molecule has 1 aromatic carbocycles. The predicted octanol–water partition coefficient (Wildman–Crippen LogP) is 1.18. The fourth-order valence-corrected chi connectivity index (χ4v) is 1.88. The fourth-order valence-electron chi connectivity index (χ4n) is 1.88. The number of morpholine rings is 1. The van der Waals surface area contributed by atoms with E-state index in [4.69, 9.17) is 14.2 Å². The summed E-state index contributed by atoms with van der Waals surface area (Å²) in [6, 6.07) is 5.19. The van der Waals surface area contributed by atoms with E-state index < -0.39 is 0 Å². The van der Waals surface area contributed by atoms with Crippen LogP contribution >= 0.6 is 0 Å². The quantitative estimate of drug-likeness (QED) is 0.809. The maximum atomic E-state index is 12.3. The molecule has 98 valence electrons. The van der Waals surface area contributed by atoms with E-state index in [9.17, 15) is 4.79 Å². The second kappa shape index (κ2) is 5.73. The maximum absolute atomic E-state index is 12.3. The number of carbonyl (C=O) groups excluding carboxylic acids is 1. The predicted molar refractivity (Wildman–Crippen MR) is 66.3 cm³/mol. The van der Waals surface area contributed by atoms with Crippen molar-refractivity contribution in [2.45, 2.75) is 0 Å². The first-order chi connectivity index (χ1) is 8.74. The van der Waals surface area contributed by atoms with Crippen molar-refractivity contribution >= 4 is 5.91 Å². The summed E-state index contributed by atoms with van der Waals surface area (Å²) in [5.74, 6) is 1.22. The molecule has 0 aromatic heterocycles. The van der Waals surface area contributed by atoms with Crippen molar-refractivity contribution in [1.29, 1.82) is 0 Å². The van der Waals surface area contributed by atoms with Crippen LogP contribution in [0.15, 0.2) is 18.2 Å². The van der Waals surface area contributed by atoms with Gasteiger partial charge in [-0.05, 0) is 12.1 Å². The lowest BCUT2D eigenvalue weighted by atomic mass is 10.1. The van der Waals surface area contributed by atoms with E-state index in [1.165, 1.54) is 0 Å². The van der Waals surface area contributed by atoms with Gasteiger partial charge >= 0.3 is 0 Å². The highest BCUT2D eigenvalue weighted by atomic mass is 16.5. The Morgan fingerprint density at radius 2 is 1.67 bits per heavy atom. The first-order valence-corrected chi connectivity index (χ1v) is 5.84. The average Bonchev–Trinajstić information content (AvgIpc) is 2.46. The first-order valence-electron chi connectivity index (χ1n) is 5.84. The van der Waals surface area contributed by atoms with Gasteiger partial charge in [0.25, 0.3) is 5.91 Å². The van der Waals surface area contributed by atoms with Gasteiger partial charge in [-0.3, -0.25) is 4.79 Å². The highest BCUT2D eigenvalue weighted by Crippen LogP contribution is 2.23. The van der Waals surface area contributed by atoms with Crippen LogP contribution in [0.2, 0.25) is 0 Å². The van der Waals surface area contributed by atoms with Gasteiger partial charge < -0.3 is 19.1 Å². The van der Waals surface area contributed by atoms with E-state index in [1.54, 1.807) is 37.3 Å². The molecule has 0 bridgehead atoms. The van der Waals surface area contributed by atoms with Crippen LogP contribution in [0, 0.1) is 0 Å². The van der Waals surface area contributed by atoms with E-state index in [1.807, 2.05) is 0 Å². The van der Waals surface area contributed by atoms with E-state index in [2.05, 4.69) is 0 Å². The Labute approximate surface area is 106 Å². The van der Waals surface area contributed by atoms with Gasteiger partial charge in [-0.1, -0.05) is 0 Å². The Morgan fingerprint density at radius 3 is 2.17 bits per heavy atom. The average molecular weight is 251 g/mol. The zero-order chi connectivity index (χ0) is 13.0. The summed E-state index contributed by atoms with van der Waals surface area (Å²) in [4.78, 5) is 14.1. The molecule has 18 heavy (non-hydrogen) atoms. The molecular formula is C13H17NO4. The highest BCUT2D eigenvalue weighted by Gasteiger charge is 2.19. The molecule has 1 saturated heterocycles. The van der Waals surface area contributed by atoms with Crippen molar-refractivity contribution < 1.29 is 19.0 Å². The number of amides is 1. The molecule has 0 atom stereocenters. The normalized spacial score (nSPS) is 15.3. The van der Waals surface area contributed by atoms with Crippen LogP contribution in [0.5, 0.6) is 11.5 Å². The number of rotatable bonds is 3. The van der Waals surface area contributed by atoms with Gasteiger partial charge in [0.2, 0.25) is 0 Å². The maximum Gasteiger partial charge on any atom is 0.254 e. The smallest absolute Gasteiger partial charge is 0.254 e. The molecule has 0 saturated carbocycles. The van der Waals surface area contributed by atoms with Gasteiger partial charge in [0, 0.05) is 24.7 Å². The van der Waals surface area contributed by atoms with Crippen LogP contribution in [-0.2, 0) is 4.74 Å². The number of hydrogen-bond donors (Lipinski definition) is 0. The molecule has 1 heterocycles. The Bertz CT molecular complexity index is 405. The first kappa shape index (κ1) is 12.7. The highest BCUT2D eigenvalue weighted by molar-refractivity contribution is 5.95. The molecule has 0 aliphatic carbocycles. The van der Waals surface area contributed by atoms with Gasteiger partial charge in [0.05, 0.1) is 27.4 Å². The topological polar surface area (TPSA) is 48.0 Å². The largest absolute Gasteiger partial charge is 0.497 e. The Hall–Kier alpha value is -1.75. The summed E-state index contributed by atoms with van der Waals surface area (Å²) in [5.41, 5.74) is 0.577. The standard InChI is InChI=1S/C13H17NO4/c1-16-11-7-10(8-12(9-11)17-2)13(15)14-3-5-18-6-4-14/h7-9H,3-6H2,1-2H3. The van der Waals surface area contributed by atoms with Crippen LogP contribution in [0.4, 0.5) is 0 Å². The summed E-state index contributed by atoms with van der Waals surface area (Å²) in [7, 11) is 3.13. The molecule has 1 aliphatic rings. The Morgan fingerprint density at radius 1 is 1.11 bits per heavy atom. The van der Waals surface area contributed by atoms with Crippen LogP contribution < -0.4 is 9.47 Å². The molecule has 0 spiro atoms. The molecule has 1 aromatic rings. The zero-order valence-corrected chi connectivity index (χ0v) is 10.6. The molecule has 5 heteroatoms. The van der Waals surface area contributed by atoms with Crippen LogP contribution in [0.25, 0.3) is 0 Å². The minimum atomic E-state index is -0.0181. The van der Waals surface area contributed by atoms with Crippen LogP contribution in [0.3, 0.4) is 0 Å². The molecule has 2 rings (SSSR count). The minimum absolute atomic E-state index is 0.0181. The van der Waals surface area contributed by atoms with Gasteiger partial charge in [0.1, 0.15) is 11.5 Å². The van der Waals surface area contributed by atoms with Crippen molar-refractivity contribution in [2.24, 2.45) is 0 Å². The third kappa shape index (κ3) is 2.73. The number of hydrogen-bond acceptors (Lipinski definition) is 4. The number of ether oxygens (including phenoxy) is 3. The fraction of sp³-hybridized carbons (Fsp3) is 0.462. The second-order valence-corrected chi connectivity index (χ2v) is 4.01. The second-order valence-electron chi connectivity index (χ2n) is 4.01. The molecule has 0 N–H and O–H groups in total. The molecule has 1 fully saturated rings. The molecular weight excluding hydrogens is 234 g/mol. The van der Waals surface area contributed by atoms with E-state index in [0.717, 1.165) is 0 Å². The summed E-state index contributed by atoms with van der Waals surface area (Å²) < 4.78 is 15.6. The van der Waals surface area contributed by atoms with Gasteiger partial charge in [-0.25, -0.2) is 0 Å². The number of benzene rings is 1. The lowest BCUT2D eigenvalue weighted by Gasteiger charge is -2.27. The molecule has 5 nitrogen and oxygen atoms in total. The molecule has 1 amide bonds. The lowest BCUT2D eigenvalue weighted by Crippen LogP contribution is -2.40. The lowest BCUT2D eigenvalue weighted by molar-refractivity contribution is 0.0302. The van der Waals surface area contributed by atoms with Crippen molar-refractivity contribution in [3.63, 3.8) is 0 Å². The zero-order valence-electron chi connectivity index (χ0n) is 10.6. The van der Waals surface area contributed by atoms with Gasteiger partial charge in [-0.15, -0.1) is 0 Å². The summed E-state index contributed by atoms with van der Waals surface area (Å²) in [6.45, 7) is 2.43. The van der Waals surface area contributed by atoms with Gasteiger partial charge in [0.15, 0.2) is 0 Å². The monoisotopic (exact) mass is 251 g/mol. The third-order valence-electron chi connectivity index (χ3n) is 2.90. The van der Waals surface area contributed by atoms with Crippen molar-refractivity contribution in [1.82, 2.24) is 4.90 Å². The molecule has 1 aliphatic heterocycles. The van der Waals surface area contributed by atoms with Crippen molar-refractivity contribution in [2.75, 3.05) is 40.5 Å². The molecule has 0 radical (unpaired) electrons. The summed E-state index contributed by atoms with van der Waals surface area (Å²) in [5, 5.41) is 0. The number of carbonyl (C=O) groups is 1. The Kier molecular flexibility index (Phi) is 4.04. The van der Waals surface area contributed by atoms with Crippen molar-refractivity contribution in [3.8, 4) is 11.5 Å². The van der Waals surface area contributed by atoms with E-state index in [-0.39, 0.29) is 5.91 Å². The number of methoxy groups -OCH3 is 2. The van der Waals surface area contributed by atoms with Crippen LogP contribution in [0.1, 0.15) is 10.4 Å².